The van der Waals surface area contributed by atoms with Crippen LogP contribution >= 0.6 is 0 Å². The number of amides is 1. The molecule has 0 radical (unpaired) electrons. The number of hydrogen-bond acceptors (Lipinski definition) is 5. The van der Waals surface area contributed by atoms with Gasteiger partial charge in [0.25, 0.3) is 0 Å². The summed E-state index contributed by atoms with van der Waals surface area (Å²) < 4.78 is 4.70. The lowest BCUT2D eigenvalue weighted by Crippen LogP contribution is -2.25. The van der Waals surface area contributed by atoms with Crippen LogP contribution in [-0.4, -0.2) is 27.1 Å². The summed E-state index contributed by atoms with van der Waals surface area (Å²) in [6, 6.07) is 0. The van der Waals surface area contributed by atoms with Crippen molar-refractivity contribution in [3.8, 4) is 0 Å². The first-order valence-corrected chi connectivity index (χ1v) is 3.85. The molecule has 0 atom stereocenters. The zero-order chi connectivity index (χ0) is 10.6. The summed E-state index contributed by atoms with van der Waals surface area (Å²) in [5, 5.41) is 14.1. The van der Waals surface area contributed by atoms with Gasteiger partial charge in [0, 0.05) is 0 Å². The van der Waals surface area contributed by atoms with Crippen LogP contribution in [0.5, 0.6) is 0 Å². The van der Waals surface area contributed by atoms with Crippen molar-refractivity contribution >= 4 is 11.9 Å². The summed E-state index contributed by atoms with van der Waals surface area (Å²) >= 11 is 0. The highest BCUT2D eigenvalue weighted by Crippen LogP contribution is 1.94. The van der Waals surface area contributed by atoms with E-state index in [-0.39, 0.29) is 12.4 Å². The van der Waals surface area contributed by atoms with Gasteiger partial charge >= 0.3 is 5.97 Å². The fourth-order valence-corrected chi connectivity index (χ4v) is 0.786. The molecule has 0 fully saturated rings. The van der Waals surface area contributed by atoms with Gasteiger partial charge in [0.2, 0.25) is 11.8 Å². The predicted molar refractivity (Wildman–Crippen MR) is 43.1 cm³/mol. The Bertz CT molecular complexity index is 346. The van der Waals surface area contributed by atoms with E-state index in [9.17, 15) is 9.59 Å². The number of carbonyl (C=O) groups excluding carboxylic acids is 1. The average molecular weight is 199 g/mol. The number of hydrogen-bond donors (Lipinski definition) is 2. The van der Waals surface area contributed by atoms with Crippen LogP contribution in [0.2, 0.25) is 0 Å². The molecular formula is C7H9N3O4. The van der Waals surface area contributed by atoms with Gasteiger partial charge in [-0.2, -0.15) is 4.98 Å². The number of carboxylic acid groups (broad SMARTS) is 1. The first kappa shape index (κ1) is 10.2. The Morgan fingerprint density at radius 3 is 2.79 bits per heavy atom. The minimum Gasteiger partial charge on any atom is -0.481 e. The minimum absolute atomic E-state index is 0.0486. The minimum atomic E-state index is -1.18. The van der Waals surface area contributed by atoms with E-state index in [1.54, 1.807) is 6.92 Å². The standard InChI is InChI=1S/C7H9N3O4/c1-4-9-6(14-10-4)3-8-5(11)2-7(12)13/h2-3H2,1H3,(H,8,11)(H,12,13). The number of carbonyl (C=O) groups is 2. The van der Waals surface area contributed by atoms with Gasteiger partial charge in [-0.05, 0) is 6.92 Å². The third-order valence-corrected chi connectivity index (χ3v) is 1.32. The molecule has 7 nitrogen and oxygen atoms in total. The molecule has 76 valence electrons. The van der Waals surface area contributed by atoms with Crippen LogP contribution in [0.1, 0.15) is 18.1 Å². The lowest BCUT2D eigenvalue weighted by molar-refractivity contribution is -0.140. The average Bonchev–Trinajstić information content (AvgIpc) is 2.47. The molecule has 0 aliphatic rings. The van der Waals surface area contributed by atoms with Crippen molar-refractivity contribution in [3.05, 3.63) is 11.7 Å². The van der Waals surface area contributed by atoms with E-state index in [4.69, 9.17) is 9.63 Å². The Labute approximate surface area is 79.1 Å². The zero-order valence-corrected chi connectivity index (χ0v) is 7.48. The SMILES string of the molecule is Cc1noc(CNC(=O)CC(=O)O)n1. The third-order valence-electron chi connectivity index (χ3n) is 1.32. The van der Waals surface area contributed by atoms with Crippen molar-refractivity contribution in [3.63, 3.8) is 0 Å². The van der Waals surface area contributed by atoms with Crippen LogP contribution in [0.3, 0.4) is 0 Å². The van der Waals surface area contributed by atoms with E-state index in [0.29, 0.717) is 5.82 Å². The number of carboxylic acids is 1. The second-order valence-electron chi connectivity index (χ2n) is 2.58. The lowest BCUT2D eigenvalue weighted by Gasteiger charge is -1.97. The fourth-order valence-electron chi connectivity index (χ4n) is 0.786. The van der Waals surface area contributed by atoms with Gasteiger partial charge in [0.1, 0.15) is 6.42 Å². The van der Waals surface area contributed by atoms with E-state index in [1.165, 1.54) is 0 Å². The molecule has 1 aromatic heterocycles. The van der Waals surface area contributed by atoms with Crippen LogP contribution in [0.4, 0.5) is 0 Å². The van der Waals surface area contributed by atoms with Gasteiger partial charge in [-0.25, -0.2) is 0 Å². The maximum Gasteiger partial charge on any atom is 0.312 e. The number of aryl methyl sites for hydroxylation is 1. The van der Waals surface area contributed by atoms with E-state index in [0.717, 1.165) is 0 Å². The first-order chi connectivity index (χ1) is 6.58. The summed E-state index contributed by atoms with van der Waals surface area (Å²) in [6.45, 7) is 1.69. The lowest BCUT2D eigenvalue weighted by atomic mass is 10.4. The molecule has 0 unspecified atom stereocenters. The van der Waals surface area contributed by atoms with Crippen LogP contribution < -0.4 is 5.32 Å². The van der Waals surface area contributed by atoms with Crippen LogP contribution in [0.15, 0.2) is 4.52 Å². The van der Waals surface area contributed by atoms with E-state index in [2.05, 4.69) is 15.5 Å². The Morgan fingerprint density at radius 1 is 1.57 bits per heavy atom. The summed E-state index contributed by atoms with van der Waals surface area (Å²) in [4.78, 5) is 24.8. The quantitative estimate of drug-likeness (QED) is 0.631. The molecule has 1 rings (SSSR count). The fraction of sp³-hybridized carbons (Fsp3) is 0.429. The summed E-state index contributed by atoms with van der Waals surface area (Å²) in [6.07, 6.45) is -0.562. The molecule has 0 bridgehead atoms. The van der Waals surface area contributed by atoms with Crippen molar-refractivity contribution in [2.75, 3.05) is 0 Å². The maximum atomic E-state index is 10.9. The largest absolute Gasteiger partial charge is 0.481 e. The van der Waals surface area contributed by atoms with Gasteiger partial charge in [0.05, 0.1) is 6.54 Å². The van der Waals surface area contributed by atoms with Crippen molar-refractivity contribution in [1.82, 2.24) is 15.5 Å². The Balaban J connectivity index is 2.34. The Morgan fingerprint density at radius 2 is 2.29 bits per heavy atom. The van der Waals surface area contributed by atoms with Crippen LogP contribution in [0, 0.1) is 6.92 Å². The molecule has 2 N–H and O–H groups in total. The molecule has 1 aromatic rings. The van der Waals surface area contributed by atoms with Gasteiger partial charge in [-0.3, -0.25) is 9.59 Å². The van der Waals surface area contributed by atoms with Gasteiger partial charge in [-0.1, -0.05) is 5.16 Å². The van der Waals surface area contributed by atoms with E-state index < -0.39 is 18.3 Å². The number of nitrogens with zero attached hydrogens (tertiary/aromatic N) is 2. The summed E-state index contributed by atoms with van der Waals surface area (Å²) in [5.74, 6) is -1.05. The van der Waals surface area contributed by atoms with E-state index in [1.807, 2.05) is 0 Å². The highest BCUT2D eigenvalue weighted by molar-refractivity contribution is 5.93. The molecule has 7 heteroatoms. The number of nitrogens with one attached hydrogen (secondary N) is 1. The maximum absolute atomic E-state index is 10.9. The summed E-state index contributed by atoms with van der Waals surface area (Å²) in [5.41, 5.74) is 0. The molecule has 0 aromatic carbocycles. The van der Waals surface area contributed by atoms with Gasteiger partial charge in [-0.15, -0.1) is 0 Å². The molecule has 0 aliphatic carbocycles. The van der Waals surface area contributed by atoms with Gasteiger partial charge < -0.3 is 14.9 Å². The number of aromatic nitrogens is 2. The molecule has 0 saturated heterocycles. The second-order valence-corrected chi connectivity index (χ2v) is 2.58. The van der Waals surface area contributed by atoms with Crippen molar-refractivity contribution in [2.45, 2.75) is 19.9 Å². The van der Waals surface area contributed by atoms with Crippen molar-refractivity contribution in [2.24, 2.45) is 0 Å². The van der Waals surface area contributed by atoms with Crippen molar-refractivity contribution in [1.29, 1.82) is 0 Å². The monoisotopic (exact) mass is 199 g/mol. The number of rotatable bonds is 4. The molecule has 0 saturated carbocycles. The zero-order valence-electron chi connectivity index (χ0n) is 7.48. The van der Waals surface area contributed by atoms with Crippen LogP contribution in [-0.2, 0) is 16.1 Å². The normalized spacial score (nSPS) is 9.79. The second kappa shape index (κ2) is 4.35. The van der Waals surface area contributed by atoms with Crippen LogP contribution in [0.25, 0.3) is 0 Å². The molecular weight excluding hydrogens is 190 g/mol. The molecule has 0 aliphatic heterocycles. The number of aliphatic carboxylic acids is 1. The molecule has 1 amide bonds. The Kier molecular flexibility index (Phi) is 3.16. The van der Waals surface area contributed by atoms with E-state index >= 15 is 0 Å². The molecule has 14 heavy (non-hydrogen) atoms. The predicted octanol–water partition coefficient (Wildman–Crippen LogP) is -0.531. The summed E-state index contributed by atoms with van der Waals surface area (Å²) in [7, 11) is 0. The van der Waals surface area contributed by atoms with Crippen molar-refractivity contribution < 1.29 is 19.2 Å². The molecule has 1 heterocycles. The topological polar surface area (TPSA) is 105 Å². The highest BCUT2D eigenvalue weighted by Gasteiger charge is 2.08. The third kappa shape index (κ3) is 3.21. The smallest absolute Gasteiger partial charge is 0.312 e. The Hall–Kier alpha value is -1.92. The first-order valence-electron chi connectivity index (χ1n) is 3.85. The highest BCUT2D eigenvalue weighted by atomic mass is 16.5. The molecule has 0 spiro atoms. The van der Waals surface area contributed by atoms with Gasteiger partial charge in [0.15, 0.2) is 5.82 Å².